The fourth-order valence-corrected chi connectivity index (χ4v) is 2.80. The van der Waals surface area contributed by atoms with Crippen molar-refractivity contribution in [3.8, 4) is 11.1 Å². The number of ether oxygens (including phenoxy) is 1. The molecule has 2 heterocycles. The first-order chi connectivity index (χ1) is 11.8. The number of carbonyl (C=O) groups excluding carboxylic acids is 1. The highest BCUT2D eigenvalue weighted by atomic mass is 35.5. The van der Waals surface area contributed by atoms with E-state index in [1.165, 1.54) is 0 Å². The minimum absolute atomic E-state index is 0.309. The van der Waals surface area contributed by atoms with Crippen molar-refractivity contribution < 1.29 is 9.53 Å². The smallest absolute Gasteiger partial charge is 0.407 e. The molecule has 0 aliphatic heterocycles. The lowest BCUT2D eigenvalue weighted by atomic mass is 10.0. The summed E-state index contributed by atoms with van der Waals surface area (Å²) in [6, 6.07) is 9.74. The van der Waals surface area contributed by atoms with E-state index in [1.54, 1.807) is 6.20 Å². The molecule has 1 amide bonds. The van der Waals surface area contributed by atoms with Crippen molar-refractivity contribution in [3.05, 3.63) is 53.3 Å². The van der Waals surface area contributed by atoms with Gasteiger partial charge in [-0.3, -0.25) is 0 Å². The van der Waals surface area contributed by atoms with Gasteiger partial charge < -0.3 is 15.0 Å². The Hall–Kier alpha value is -2.53. The number of carbonyl (C=O) groups is 1. The monoisotopic (exact) mass is 357 g/mol. The highest BCUT2D eigenvalue weighted by molar-refractivity contribution is 6.31. The summed E-state index contributed by atoms with van der Waals surface area (Å²) in [5.74, 6) is 0. The molecule has 0 atom stereocenters. The van der Waals surface area contributed by atoms with Gasteiger partial charge in [0.25, 0.3) is 0 Å². The van der Waals surface area contributed by atoms with Crippen LogP contribution in [-0.4, -0.2) is 21.7 Å². The molecule has 0 fully saturated rings. The summed E-state index contributed by atoms with van der Waals surface area (Å²) >= 11 is 6.41. The van der Waals surface area contributed by atoms with Crippen LogP contribution in [0.2, 0.25) is 5.02 Å². The van der Waals surface area contributed by atoms with Gasteiger partial charge in [0.1, 0.15) is 11.2 Å². The van der Waals surface area contributed by atoms with Crippen molar-refractivity contribution in [2.75, 3.05) is 0 Å². The summed E-state index contributed by atoms with van der Waals surface area (Å²) < 4.78 is 5.23. The van der Waals surface area contributed by atoms with Gasteiger partial charge in [0, 0.05) is 29.3 Å². The average Bonchev–Trinajstić information content (AvgIpc) is 3.00. The maximum atomic E-state index is 11.8. The molecule has 0 saturated carbocycles. The number of hydrogen-bond acceptors (Lipinski definition) is 3. The second-order valence-corrected chi connectivity index (χ2v) is 7.17. The van der Waals surface area contributed by atoms with Crippen LogP contribution in [0.3, 0.4) is 0 Å². The first-order valence-electron chi connectivity index (χ1n) is 8.01. The molecule has 5 nitrogen and oxygen atoms in total. The van der Waals surface area contributed by atoms with Gasteiger partial charge in [0.05, 0.1) is 0 Å². The van der Waals surface area contributed by atoms with Gasteiger partial charge in [0.2, 0.25) is 0 Å². The Bertz CT molecular complexity index is 912. The van der Waals surface area contributed by atoms with Crippen LogP contribution in [0.5, 0.6) is 0 Å². The first kappa shape index (κ1) is 17.3. The van der Waals surface area contributed by atoms with Gasteiger partial charge in [0.15, 0.2) is 0 Å². The lowest BCUT2D eigenvalue weighted by Gasteiger charge is -2.19. The van der Waals surface area contributed by atoms with Gasteiger partial charge in [-0.2, -0.15) is 0 Å². The van der Waals surface area contributed by atoms with Crippen LogP contribution in [0.4, 0.5) is 4.79 Å². The Morgan fingerprint density at radius 2 is 2.08 bits per heavy atom. The number of H-pyrrole nitrogens is 1. The van der Waals surface area contributed by atoms with Crippen LogP contribution in [0.15, 0.2) is 42.7 Å². The third-order valence-electron chi connectivity index (χ3n) is 3.65. The molecule has 2 N–H and O–H groups in total. The average molecular weight is 358 g/mol. The summed E-state index contributed by atoms with van der Waals surface area (Å²) in [6.07, 6.45) is 3.16. The van der Waals surface area contributed by atoms with Crippen LogP contribution in [0, 0.1) is 0 Å². The van der Waals surface area contributed by atoms with E-state index in [1.807, 2.05) is 57.3 Å². The Labute approximate surface area is 151 Å². The number of nitrogens with one attached hydrogen (secondary N) is 2. The molecule has 2 aromatic heterocycles. The summed E-state index contributed by atoms with van der Waals surface area (Å²) in [6.45, 7) is 5.78. The van der Waals surface area contributed by atoms with Gasteiger partial charge in [-0.25, -0.2) is 9.78 Å². The molecule has 130 valence electrons. The van der Waals surface area contributed by atoms with E-state index in [-0.39, 0.29) is 0 Å². The number of fused-ring (bicyclic) bond motifs is 1. The van der Waals surface area contributed by atoms with E-state index in [2.05, 4.69) is 15.3 Å². The third kappa shape index (κ3) is 4.12. The number of hydrogen-bond donors (Lipinski definition) is 2. The Morgan fingerprint density at radius 1 is 1.28 bits per heavy atom. The minimum atomic E-state index is -0.527. The lowest BCUT2D eigenvalue weighted by Crippen LogP contribution is -2.32. The minimum Gasteiger partial charge on any atom is -0.444 e. The van der Waals surface area contributed by atoms with E-state index in [0.717, 1.165) is 27.7 Å². The molecule has 0 radical (unpaired) electrons. The van der Waals surface area contributed by atoms with Crippen LogP contribution in [-0.2, 0) is 11.3 Å². The molecule has 0 unspecified atom stereocenters. The zero-order valence-corrected chi connectivity index (χ0v) is 15.1. The van der Waals surface area contributed by atoms with Crippen molar-refractivity contribution in [1.82, 2.24) is 15.3 Å². The number of aromatic nitrogens is 2. The van der Waals surface area contributed by atoms with Crippen molar-refractivity contribution in [3.63, 3.8) is 0 Å². The predicted molar refractivity (Wildman–Crippen MR) is 99.6 cm³/mol. The second kappa shape index (κ2) is 6.76. The normalized spacial score (nSPS) is 11.5. The fourth-order valence-electron chi connectivity index (χ4n) is 2.55. The maximum absolute atomic E-state index is 11.8. The lowest BCUT2D eigenvalue weighted by molar-refractivity contribution is 0.0523. The van der Waals surface area contributed by atoms with Crippen LogP contribution < -0.4 is 5.32 Å². The van der Waals surface area contributed by atoms with Crippen LogP contribution in [0.25, 0.3) is 22.2 Å². The van der Waals surface area contributed by atoms with Gasteiger partial charge in [-0.1, -0.05) is 23.7 Å². The number of halogens is 1. The largest absolute Gasteiger partial charge is 0.444 e. The number of alkyl carbamates (subject to hydrolysis) is 1. The Balaban J connectivity index is 1.77. The molecule has 3 aromatic rings. The number of nitrogens with zero attached hydrogens (tertiary/aromatic N) is 1. The topological polar surface area (TPSA) is 67.0 Å². The van der Waals surface area contributed by atoms with E-state index >= 15 is 0 Å². The third-order valence-corrected chi connectivity index (χ3v) is 4.00. The molecule has 6 heteroatoms. The highest BCUT2D eigenvalue weighted by Gasteiger charge is 2.16. The molecule has 25 heavy (non-hydrogen) atoms. The quantitative estimate of drug-likeness (QED) is 0.700. The summed E-state index contributed by atoms with van der Waals surface area (Å²) in [7, 11) is 0. The molecule has 0 spiro atoms. The van der Waals surface area contributed by atoms with Crippen LogP contribution >= 0.6 is 11.6 Å². The first-order valence-corrected chi connectivity index (χ1v) is 8.39. The Morgan fingerprint density at radius 3 is 2.80 bits per heavy atom. The Kier molecular flexibility index (Phi) is 4.68. The second-order valence-electron chi connectivity index (χ2n) is 6.76. The molecule has 0 bridgehead atoms. The zero-order chi connectivity index (χ0) is 18.0. The van der Waals surface area contributed by atoms with E-state index in [9.17, 15) is 4.79 Å². The maximum Gasteiger partial charge on any atom is 0.407 e. The molecule has 0 aliphatic rings. The zero-order valence-electron chi connectivity index (χ0n) is 14.4. The summed E-state index contributed by atoms with van der Waals surface area (Å²) in [4.78, 5) is 19.2. The van der Waals surface area contributed by atoms with Gasteiger partial charge in [-0.15, -0.1) is 0 Å². The van der Waals surface area contributed by atoms with Crippen molar-refractivity contribution in [2.45, 2.75) is 32.9 Å². The van der Waals surface area contributed by atoms with E-state index < -0.39 is 11.7 Å². The fraction of sp³-hybridized carbons (Fsp3) is 0.263. The van der Waals surface area contributed by atoms with Crippen molar-refractivity contribution in [1.29, 1.82) is 0 Å². The predicted octanol–water partition coefficient (Wildman–Crippen LogP) is 4.91. The molecule has 3 rings (SSSR count). The number of benzene rings is 1. The summed E-state index contributed by atoms with van der Waals surface area (Å²) in [5.41, 5.74) is 3.19. The number of rotatable bonds is 3. The van der Waals surface area contributed by atoms with Crippen LogP contribution in [0.1, 0.15) is 26.3 Å². The van der Waals surface area contributed by atoms with Gasteiger partial charge >= 0.3 is 6.09 Å². The summed E-state index contributed by atoms with van der Waals surface area (Å²) in [5, 5.41) is 4.35. The molecule has 0 saturated heterocycles. The van der Waals surface area contributed by atoms with Gasteiger partial charge in [-0.05, 0) is 55.7 Å². The molecular formula is C19H20ClN3O2. The van der Waals surface area contributed by atoms with Crippen molar-refractivity contribution >= 4 is 28.7 Å². The number of amides is 1. The number of pyridine rings is 1. The highest BCUT2D eigenvalue weighted by Crippen LogP contribution is 2.30. The van der Waals surface area contributed by atoms with E-state index in [4.69, 9.17) is 16.3 Å². The van der Waals surface area contributed by atoms with E-state index in [0.29, 0.717) is 11.6 Å². The standard InChI is InChI=1S/C19H20ClN3O2/c1-19(2,3)25-18(24)23-11-13-5-4-12(10-16(13)20)14-6-8-21-17-15(14)7-9-22-17/h4-10H,11H2,1-3H3,(H,21,22)(H,23,24). The SMILES string of the molecule is CC(C)(C)OC(=O)NCc1ccc(-c2ccnc3[nH]ccc23)cc1Cl. The molecule has 0 aliphatic carbocycles. The van der Waals surface area contributed by atoms with Crippen molar-refractivity contribution in [2.24, 2.45) is 0 Å². The molecule has 1 aromatic carbocycles. The molecular weight excluding hydrogens is 338 g/mol. The number of aromatic amines is 1.